The van der Waals surface area contributed by atoms with Crippen LogP contribution in [-0.2, 0) is 14.2 Å². The van der Waals surface area contributed by atoms with Crippen molar-refractivity contribution in [2.24, 2.45) is 0 Å². The quantitative estimate of drug-likeness (QED) is 0.673. The van der Waals surface area contributed by atoms with Gasteiger partial charge in [0.2, 0.25) is 0 Å². The second-order valence-electron chi connectivity index (χ2n) is 6.31. The maximum atomic E-state index is 6.10. The highest BCUT2D eigenvalue weighted by atomic mass is 79.9. The van der Waals surface area contributed by atoms with Crippen LogP contribution in [0, 0.1) is 0 Å². The molecule has 3 atom stereocenters. The first-order chi connectivity index (χ1) is 11.5. The average molecular weight is 402 g/mol. The fourth-order valence-electron chi connectivity index (χ4n) is 3.08. The summed E-state index contributed by atoms with van der Waals surface area (Å²) in [5.41, 5.74) is 0.911. The van der Waals surface area contributed by atoms with Crippen LogP contribution in [0.25, 0.3) is 0 Å². The SMILES string of the molecule is COC(CO[C@@H](CN1C[C@@H](C)N[C@@H](C)C1)c1cc(Br)ccn1)OC. The van der Waals surface area contributed by atoms with Crippen molar-refractivity contribution in [1.29, 1.82) is 0 Å². The minimum Gasteiger partial charge on any atom is -0.365 e. The summed E-state index contributed by atoms with van der Waals surface area (Å²) in [5.74, 6) is 0. The Balaban J connectivity index is 2.07. The van der Waals surface area contributed by atoms with E-state index in [2.05, 4.69) is 45.0 Å². The molecule has 1 saturated heterocycles. The Morgan fingerprint density at radius 2 is 1.96 bits per heavy atom. The Labute approximate surface area is 153 Å². The zero-order valence-corrected chi connectivity index (χ0v) is 16.5. The molecule has 7 heteroatoms. The zero-order chi connectivity index (χ0) is 17.5. The minimum absolute atomic E-state index is 0.132. The monoisotopic (exact) mass is 401 g/mol. The Morgan fingerprint density at radius 3 is 2.54 bits per heavy atom. The Bertz CT molecular complexity index is 492. The van der Waals surface area contributed by atoms with Crippen LogP contribution < -0.4 is 5.32 Å². The van der Waals surface area contributed by atoms with Gasteiger partial charge >= 0.3 is 0 Å². The van der Waals surface area contributed by atoms with Crippen molar-refractivity contribution in [2.45, 2.75) is 38.3 Å². The van der Waals surface area contributed by atoms with E-state index in [1.807, 2.05) is 12.1 Å². The molecule has 0 aliphatic carbocycles. The van der Waals surface area contributed by atoms with Gasteiger partial charge in [0.25, 0.3) is 0 Å². The highest BCUT2D eigenvalue weighted by Gasteiger charge is 2.26. The lowest BCUT2D eigenvalue weighted by Crippen LogP contribution is -2.55. The molecule has 2 heterocycles. The number of hydrogen-bond donors (Lipinski definition) is 1. The highest BCUT2D eigenvalue weighted by molar-refractivity contribution is 9.10. The van der Waals surface area contributed by atoms with E-state index in [4.69, 9.17) is 14.2 Å². The van der Waals surface area contributed by atoms with Crippen molar-refractivity contribution in [1.82, 2.24) is 15.2 Å². The molecular weight excluding hydrogens is 374 g/mol. The second-order valence-corrected chi connectivity index (χ2v) is 7.22. The van der Waals surface area contributed by atoms with E-state index in [9.17, 15) is 0 Å². The largest absolute Gasteiger partial charge is 0.365 e. The number of piperazine rings is 1. The number of methoxy groups -OCH3 is 2. The molecular formula is C17H28BrN3O3. The number of aromatic nitrogens is 1. The molecule has 0 radical (unpaired) electrons. The van der Waals surface area contributed by atoms with Crippen LogP contribution in [-0.4, -0.2) is 68.7 Å². The van der Waals surface area contributed by atoms with Gasteiger partial charge in [-0.3, -0.25) is 9.88 Å². The first-order valence-electron chi connectivity index (χ1n) is 8.28. The number of halogens is 1. The van der Waals surface area contributed by atoms with Crippen molar-refractivity contribution in [3.8, 4) is 0 Å². The van der Waals surface area contributed by atoms with E-state index in [0.717, 1.165) is 29.8 Å². The predicted molar refractivity (Wildman–Crippen MR) is 96.9 cm³/mol. The number of nitrogens with zero attached hydrogens (tertiary/aromatic N) is 2. The fraction of sp³-hybridized carbons (Fsp3) is 0.706. The van der Waals surface area contributed by atoms with Crippen LogP contribution in [0.2, 0.25) is 0 Å². The zero-order valence-electron chi connectivity index (χ0n) is 14.9. The number of rotatable bonds is 8. The summed E-state index contributed by atoms with van der Waals surface area (Å²) < 4.78 is 17.6. The second kappa shape index (κ2) is 9.79. The maximum absolute atomic E-state index is 6.10. The molecule has 1 aliphatic rings. The first-order valence-corrected chi connectivity index (χ1v) is 9.08. The topological polar surface area (TPSA) is 55.9 Å². The third-order valence-corrected chi connectivity index (χ3v) is 4.58. The van der Waals surface area contributed by atoms with Crippen molar-refractivity contribution < 1.29 is 14.2 Å². The van der Waals surface area contributed by atoms with Crippen molar-refractivity contribution in [2.75, 3.05) is 40.5 Å². The summed E-state index contributed by atoms with van der Waals surface area (Å²) in [6.45, 7) is 7.57. The molecule has 1 N–H and O–H groups in total. The molecule has 0 unspecified atom stereocenters. The van der Waals surface area contributed by atoms with E-state index in [-0.39, 0.29) is 12.4 Å². The maximum Gasteiger partial charge on any atom is 0.180 e. The smallest absolute Gasteiger partial charge is 0.180 e. The summed E-state index contributed by atoms with van der Waals surface area (Å²) in [5, 5.41) is 3.55. The number of nitrogens with one attached hydrogen (secondary N) is 1. The standard InChI is InChI=1S/C17H28BrN3O3/c1-12-8-21(9-13(2)20-12)10-16(24-11-17(22-3)23-4)15-7-14(18)5-6-19-15/h5-7,12-13,16-17,20H,8-11H2,1-4H3/t12-,13+,16-/m0/s1. The molecule has 0 amide bonds. The Kier molecular flexibility index (Phi) is 8.06. The van der Waals surface area contributed by atoms with Gasteiger partial charge < -0.3 is 19.5 Å². The summed E-state index contributed by atoms with van der Waals surface area (Å²) >= 11 is 3.51. The minimum atomic E-state index is -0.375. The van der Waals surface area contributed by atoms with E-state index < -0.39 is 0 Å². The lowest BCUT2D eigenvalue weighted by molar-refractivity contribution is -0.155. The van der Waals surface area contributed by atoms with E-state index in [1.54, 1.807) is 20.4 Å². The lowest BCUT2D eigenvalue weighted by atomic mass is 10.1. The van der Waals surface area contributed by atoms with E-state index in [1.165, 1.54) is 0 Å². The van der Waals surface area contributed by atoms with Gasteiger partial charge in [0.05, 0.1) is 12.3 Å². The molecule has 2 rings (SSSR count). The van der Waals surface area contributed by atoms with Crippen LogP contribution in [0.3, 0.4) is 0 Å². The van der Waals surface area contributed by atoms with Crippen LogP contribution >= 0.6 is 15.9 Å². The number of hydrogen-bond acceptors (Lipinski definition) is 6. The van der Waals surface area contributed by atoms with Gasteiger partial charge in [0.15, 0.2) is 6.29 Å². The number of ether oxygens (including phenoxy) is 3. The molecule has 1 aromatic heterocycles. The van der Waals surface area contributed by atoms with Crippen molar-refractivity contribution in [3.05, 3.63) is 28.5 Å². The predicted octanol–water partition coefficient (Wildman–Crippen LogP) is 2.20. The van der Waals surface area contributed by atoms with Crippen LogP contribution in [0.1, 0.15) is 25.6 Å². The third kappa shape index (κ3) is 6.06. The van der Waals surface area contributed by atoms with E-state index >= 15 is 0 Å². The van der Waals surface area contributed by atoms with Gasteiger partial charge in [-0.05, 0) is 26.0 Å². The summed E-state index contributed by atoms with van der Waals surface area (Å²) in [6.07, 6.45) is 1.29. The number of pyridine rings is 1. The summed E-state index contributed by atoms with van der Waals surface area (Å²) in [6, 6.07) is 4.86. The van der Waals surface area contributed by atoms with Gasteiger partial charge in [0, 0.05) is 56.6 Å². The van der Waals surface area contributed by atoms with Gasteiger partial charge in [-0.25, -0.2) is 0 Å². The van der Waals surface area contributed by atoms with Crippen LogP contribution in [0.15, 0.2) is 22.8 Å². The van der Waals surface area contributed by atoms with Crippen molar-refractivity contribution >= 4 is 15.9 Å². The molecule has 1 aliphatic heterocycles. The van der Waals surface area contributed by atoms with Gasteiger partial charge in [0.1, 0.15) is 6.10 Å². The highest BCUT2D eigenvalue weighted by Crippen LogP contribution is 2.22. The molecule has 6 nitrogen and oxygen atoms in total. The lowest BCUT2D eigenvalue weighted by Gasteiger charge is -2.37. The Hall–Kier alpha value is -0.570. The molecule has 24 heavy (non-hydrogen) atoms. The normalized spacial score (nSPS) is 23.6. The first kappa shape index (κ1) is 19.8. The average Bonchev–Trinajstić information content (AvgIpc) is 2.53. The van der Waals surface area contributed by atoms with Crippen LogP contribution in [0.5, 0.6) is 0 Å². The van der Waals surface area contributed by atoms with Gasteiger partial charge in [-0.15, -0.1) is 0 Å². The summed E-state index contributed by atoms with van der Waals surface area (Å²) in [4.78, 5) is 6.92. The van der Waals surface area contributed by atoms with Crippen molar-refractivity contribution in [3.63, 3.8) is 0 Å². The molecule has 136 valence electrons. The molecule has 0 spiro atoms. The molecule has 1 aromatic rings. The van der Waals surface area contributed by atoms with Gasteiger partial charge in [-0.2, -0.15) is 0 Å². The van der Waals surface area contributed by atoms with Gasteiger partial charge in [-0.1, -0.05) is 15.9 Å². The molecule has 1 fully saturated rings. The third-order valence-electron chi connectivity index (χ3n) is 4.09. The molecule has 0 bridgehead atoms. The molecule has 0 saturated carbocycles. The fourth-order valence-corrected chi connectivity index (χ4v) is 3.43. The van der Waals surface area contributed by atoms with Crippen LogP contribution in [0.4, 0.5) is 0 Å². The summed E-state index contributed by atoms with van der Waals surface area (Å²) in [7, 11) is 3.23. The molecule has 0 aromatic carbocycles. The van der Waals surface area contributed by atoms with E-state index in [0.29, 0.717) is 18.7 Å². The Morgan fingerprint density at radius 1 is 1.29 bits per heavy atom.